The van der Waals surface area contributed by atoms with E-state index in [0.29, 0.717) is 13.1 Å². The van der Waals surface area contributed by atoms with E-state index in [9.17, 15) is 15.0 Å². The molecule has 0 saturated carbocycles. The third-order valence-corrected chi connectivity index (χ3v) is 4.70. The number of aliphatic hydroxyl groups is 1. The maximum absolute atomic E-state index is 11.0. The number of rotatable bonds is 6. The van der Waals surface area contributed by atoms with Crippen LogP contribution >= 0.6 is 0 Å². The maximum atomic E-state index is 11.0. The molecular weight excluding hydrogens is 465 g/mol. The number of likely N-dealkylation sites (N-methyl/N-ethyl adjacent to an activating group) is 2. The van der Waals surface area contributed by atoms with Gasteiger partial charge in [0.1, 0.15) is 0 Å². The second-order valence-corrected chi connectivity index (χ2v) is 6.67. The Morgan fingerprint density at radius 1 is 0.880 bits per heavy atom. The van der Waals surface area contributed by atoms with Crippen LogP contribution in [0.4, 0.5) is 0 Å². The minimum atomic E-state index is -1.02. The summed E-state index contributed by atoms with van der Waals surface area (Å²) in [6, 6.07) is 0. The molecule has 147 valence electrons. The monoisotopic (exact) mass is 501 g/mol. The van der Waals surface area contributed by atoms with Crippen LogP contribution in [0.5, 0.6) is 0 Å². The minimum absolute atomic E-state index is 0. The van der Waals surface area contributed by atoms with Gasteiger partial charge in [0, 0.05) is 65.4 Å². The van der Waals surface area contributed by atoms with E-state index < -0.39 is 5.97 Å². The second kappa shape index (κ2) is 14.6. The number of carbonyl (C=O) groups excluding carboxylic acids is 1. The smallest absolute Gasteiger partial charge is 0.549 e. The number of carboxylic acids is 1. The number of nitrogens with zero attached hydrogens (tertiary/aromatic N) is 4. The molecule has 0 aromatic rings. The SMILES string of the molecule is CCN1CCN(CC)CCN(CC(C)O)CCN(CC(=O)[O-])CC1.[Gd+3]. The Balaban J connectivity index is 0.00000576. The quantitative estimate of drug-likeness (QED) is 0.470. The Morgan fingerprint density at radius 3 is 1.56 bits per heavy atom. The van der Waals surface area contributed by atoms with Gasteiger partial charge >= 0.3 is 39.9 Å². The summed E-state index contributed by atoms with van der Waals surface area (Å²) in [7, 11) is 0. The van der Waals surface area contributed by atoms with E-state index in [1.54, 1.807) is 6.92 Å². The van der Waals surface area contributed by atoms with Crippen LogP contribution in [0, 0.1) is 39.9 Å². The molecule has 1 unspecified atom stereocenters. The Kier molecular flexibility index (Phi) is 15.0. The van der Waals surface area contributed by atoms with Crippen molar-refractivity contribution in [1.29, 1.82) is 0 Å². The van der Waals surface area contributed by atoms with E-state index in [1.165, 1.54) is 0 Å². The molecule has 1 atom stereocenters. The van der Waals surface area contributed by atoms with Crippen molar-refractivity contribution in [3.63, 3.8) is 0 Å². The summed E-state index contributed by atoms with van der Waals surface area (Å²) < 4.78 is 0. The Bertz CT molecular complexity index is 361. The molecule has 7 nitrogen and oxygen atoms in total. The zero-order valence-electron chi connectivity index (χ0n) is 16.0. The van der Waals surface area contributed by atoms with Crippen molar-refractivity contribution >= 4 is 5.97 Å². The molecule has 1 saturated heterocycles. The average Bonchev–Trinajstić information content (AvgIpc) is 2.52. The van der Waals surface area contributed by atoms with E-state index in [4.69, 9.17) is 0 Å². The fourth-order valence-electron chi connectivity index (χ4n) is 3.11. The molecule has 0 aromatic carbocycles. The molecule has 0 aromatic heterocycles. The van der Waals surface area contributed by atoms with Gasteiger partial charge in [-0.25, -0.2) is 0 Å². The summed E-state index contributed by atoms with van der Waals surface area (Å²) in [6.45, 7) is 15.7. The van der Waals surface area contributed by atoms with Gasteiger partial charge in [0.2, 0.25) is 0 Å². The van der Waals surface area contributed by atoms with Crippen molar-refractivity contribution in [3.8, 4) is 0 Å². The van der Waals surface area contributed by atoms with Gasteiger partial charge in [0.05, 0.1) is 12.1 Å². The van der Waals surface area contributed by atoms with Crippen LogP contribution in [-0.4, -0.2) is 115 Å². The Labute approximate surface area is 185 Å². The van der Waals surface area contributed by atoms with E-state index in [1.807, 2.05) is 4.90 Å². The van der Waals surface area contributed by atoms with E-state index >= 15 is 0 Å². The maximum Gasteiger partial charge on any atom is 3.00 e. The van der Waals surface area contributed by atoms with E-state index in [0.717, 1.165) is 58.9 Å². The van der Waals surface area contributed by atoms with Crippen molar-refractivity contribution in [2.45, 2.75) is 26.9 Å². The van der Waals surface area contributed by atoms with Gasteiger partial charge in [0.15, 0.2) is 0 Å². The summed E-state index contributed by atoms with van der Waals surface area (Å²) in [5.74, 6) is -1.02. The van der Waals surface area contributed by atoms with Gasteiger partial charge in [-0.1, -0.05) is 13.8 Å². The summed E-state index contributed by atoms with van der Waals surface area (Å²) in [5.41, 5.74) is 0. The molecule has 8 heteroatoms. The molecule has 1 heterocycles. The fourth-order valence-corrected chi connectivity index (χ4v) is 3.11. The number of aliphatic carboxylic acids is 1. The van der Waals surface area contributed by atoms with E-state index in [2.05, 4.69) is 28.5 Å². The molecule has 0 spiro atoms. The number of hydrogen-bond donors (Lipinski definition) is 1. The molecule has 1 aliphatic rings. The molecule has 1 radical (unpaired) electrons. The van der Waals surface area contributed by atoms with Crippen LogP contribution in [0.25, 0.3) is 0 Å². The first-order chi connectivity index (χ1) is 11.4. The van der Waals surface area contributed by atoms with Gasteiger partial charge in [-0.05, 0) is 20.0 Å². The predicted octanol–water partition coefficient (Wildman–Crippen LogP) is -1.62. The fraction of sp³-hybridized carbons (Fsp3) is 0.941. The predicted molar refractivity (Wildman–Crippen MR) is 93.8 cm³/mol. The molecular formula is C17H35GdN4O3+2. The van der Waals surface area contributed by atoms with Crippen LogP contribution < -0.4 is 5.11 Å². The molecule has 0 aliphatic carbocycles. The van der Waals surface area contributed by atoms with Crippen LogP contribution in [-0.2, 0) is 4.79 Å². The number of hydrogen-bond acceptors (Lipinski definition) is 7. The summed E-state index contributed by atoms with van der Waals surface area (Å²) in [4.78, 5) is 20.0. The first-order valence-electron chi connectivity index (χ1n) is 9.21. The number of aliphatic hydroxyl groups excluding tert-OH is 1. The molecule has 1 N–H and O–H groups in total. The van der Waals surface area contributed by atoms with Crippen molar-refractivity contribution in [2.75, 3.05) is 78.5 Å². The second-order valence-electron chi connectivity index (χ2n) is 6.67. The van der Waals surface area contributed by atoms with Crippen molar-refractivity contribution < 1.29 is 54.9 Å². The molecule has 0 bridgehead atoms. The van der Waals surface area contributed by atoms with Gasteiger partial charge in [-0.15, -0.1) is 0 Å². The molecule has 1 rings (SSSR count). The molecule has 1 aliphatic heterocycles. The third kappa shape index (κ3) is 11.8. The zero-order valence-corrected chi connectivity index (χ0v) is 18.2. The Hall–Kier alpha value is 0.595. The standard InChI is InChI=1S/C17H36N4O3.Gd/c1-4-18-6-7-19(5-2)9-11-21(15-17(23)24)13-12-20(10-8-18)14-16(3)22;/h16,22H,4-15H2,1-3H3,(H,23,24);/q;+3/p-1. The number of β-amino-alcohol motifs (C(OH)–C–C–N with tert-alkyl or cyclic N) is 1. The Morgan fingerprint density at radius 2 is 1.24 bits per heavy atom. The molecule has 25 heavy (non-hydrogen) atoms. The van der Waals surface area contributed by atoms with Gasteiger partial charge in [-0.3, -0.25) is 9.80 Å². The topological polar surface area (TPSA) is 73.3 Å². The number of carbonyl (C=O) groups is 1. The van der Waals surface area contributed by atoms with Crippen molar-refractivity contribution in [3.05, 3.63) is 0 Å². The average molecular weight is 501 g/mol. The summed E-state index contributed by atoms with van der Waals surface area (Å²) in [5, 5.41) is 20.7. The van der Waals surface area contributed by atoms with Crippen LogP contribution in [0.15, 0.2) is 0 Å². The van der Waals surface area contributed by atoms with Gasteiger partial charge in [0.25, 0.3) is 0 Å². The summed E-state index contributed by atoms with van der Waals surface area (Å²) in [6.07, 6.45) is -0.377. The minimum Gasteiger partial charge on any atom is -0.549 e. The first kappa shape index (κ1) is 25.6. The van der Waals surface area contributed by atoms with Crippen molar-refractivity contribution in [2.24, 2.45) is 0 Å². The van der Waals surface area contributed by atoms with Crippen molar-refractivity contribution in [1.82, 2.24) is 19.6 Å². The molecule has 1 fully saturated rings. The van der Waals surface area contributed by atoms with Crippen LogP contribution in [0.1, 0.15) is 20.8 Å². The molecule has 0 amide bonds. The van der Waals surface area contributed by atoms with Crippen LogP contribution in [0.2, 0.25) is 0 Å². The van der Waals surface area contributed by atoms with Gasteiger partial charge in [-0.2, -0.15) is 0 Å². The van der Waals surface area contributed by atoms with E-state index in [-0.39, 0.29) is 52.6 Å². The largest absolute Gasteiger partial charge is 3.00 e. The normalized spacial score (nSPS) is 21.8. The number of carboxylic acid groups (broad SMARTS) is 1. The first-order valence-corrected chi connectivity index (χ1v) is 9.21. The van der Waals surface area contributed by atoms with Crippen LogP contribution in [0.3, 0.4) is 0 Å². The van der Waals surface area contributed by atoms with Gasteiger partial charge < -0.3 is 24.8 Å². The third-order valence-electron chi connectivity index (χ3n) is 4.70. The summed E-state index contributed by atoms with van der Waals surface area (Å²) >= 11 is 0. The zero-order chi connectivity index (χ0) is 17.9.